The minimum atomic E-state index is 0.640. The second-order valence-corrected chi connectivity index (χ2v) is 5.05. The minimum absolute atomic E-state index is 0.640. The third-order valence-electron chi connectivity index (χ3n) is 3.63. The molecule has 0 atom stereocenters. The van der Waals surface area contributed by atoms with Crippen molar-refractivity contribution in [3.63, 3.8) is 0 Å². The molecule has 0 amide bonds. The van der Waals surface area contributed by atoms with E-state index in [1.807, 2.05) is 18.2 Å². The summed E-state index contributed by atoms with van der Waals surface area (Å²) in [6.07, 6.45) is 2.20. The van der Waals surface area contributed by atoms with Crippen molar-refractivity contribution in [1.82, 2.24) is 25.4 Å². The van der Waals surface area contributed by atoms with Crippen molar-refractivity contribution in [2.45, 2.75) is 32.5 Å². The zero-order valence-electron chi connectivity index (χ0n) is 12.2. The molecule has 2 aromatic rings. The lowest BCUT2D eigenvalue weighted by atomic mass is 10.2. The first kappa shape index (κ1) is 13.6. The Morgan fingerprint density at radius 3 is 2.81 bits per heavy atom. The summed E-state index contributed by atoms with van der Waals surface area (Å²) in [6, 6.07) is 10.3. The van der Waals surface area contributed by atoms with Gasteiger partial charge < -0.3 is 15.2 Å². The van der Waals surface area contributed by atoms with Crippen LogP contribution in [0.2, 0.25) is 0 Å². The molecule has 110 valence electrons. The molecule has 1 aliphatic rings. The second kappa shape index (κ2) is 6.39. The highest BCUT2D eigenvalue weighted by Crippen LogP contribution is 2.13. The lowest BCUT2D eigenvalue weighted by Crippen LogP contribution is -2.37. The molecule has 1 aromatic carbocycles. The molecule has 0 radical (unpaired) electrons. The fourth-order valence-corrected chi connectivity index (χ4v) is 2.51. The molecular weight excluding hydrogens is 264 g/mol. The van der Waals surface area contributed by atoms with Crippen LogP contribution >= 0.6 is 0 Å². The van der Waals surface area contributed by atoms with Crippen LogP contribution in [0.15, 0.2) is 35.3 Å². The molecule has 1 aromatic heterocycles. The SMILES string of the molecule is CN=C(NCc1ccccc1)NCc1nnc2n1CCC2. The van der Waals surface area contributed by atoms with Crippen molar-refractivity contribution in [3.05, 3.63) is 47.5 Å². The van der Waals surface area contributed by atoms with Gasteiger partial charge in [-0.05, 0) is 12.0 Å². The number of rotatable bonds is 4. The maximum atomic E-state index is 4.23. The van der Waals surface area contributed by atoms with Crippen molar-refractivity contribution in [2.24, 2.45) is 4.99 Å². The predicted octanol–water partition coefficient (Wildman–Crippen LogP) is 1.09. The minimum Gasteiger partial charge on any atom is -0.352 e. The number of guanidine groups is 1. The first-order valence-corrected chi connectivity index (χ1v) is 7.26. The van der Waals surface area contributed by atoms with Gasteiger partial charge in [0.05, 0.1) is 6.54 Å². The third kappa shape index (κ3) is 3.21. The molecule has 0 saturated carbocycles. The highest BCUT2D eigenvalue weighted by Gasteiger charge is 2.16. The Labute approximate surface area is 124 Å². The topological polar surface area (TPSA) is 67.1 Å². The zero-order valence-corrected chi connectivity index (χ0v) is 12.2. The Morgan fingerprint density at radius 2 is 2.00 bits per heavy atom. The van der Waals surface area contributed by atoms with E-state index in [0.29, 0.717) is 6.54 Å². The standard InChI is InChI=1S/C15H20N6/c1-16-15(17-10-12-6-3-2-4-7-12)18-11-14-20-19-13-8-5-9-21(13)14/h2-4,6-7H,5,8-11H2,1H3,(H2,16,17,18). The summed E-state index contributed by atoms with van der Waals surface area (Å²) in [4.78, 5) is 4.23. The van der Waals surface area contributed by atoms with Gasteiger partial charge in [0.15, 0.2) is 11.8 Å². The monoisotopic (exact) mass is 284 g/mol. The first-order chi connectivity index (χ1) is 10.4. The summed E-state index contributed by atoms with van der Waals surface area (Å²) >= 11 is 0. The van der Waals surface area contributed by atoms with E-state index in [1.54, 1.807) is 7.05 Å². The molecule has 3 rings (SSSR count). The van der Waals surface area contributed by atoms with Gasteiger partial charge in [-0.15, -0.1) is 10.2 Å². The molecule has 0 saturated heterocycles. The maximum Gasteiger partial charge on any atom is 0.191 e. The number of aromatic nitrogens is 3. The number of hydrogen-bond donors (Lipinski definition) is 2. The highest BCUT2D eigenvalue weighted by molar-refractivity contribution is 5.79. The Bertz CT molecular complexity index is 616. The van der Waals surface area contributed by atoms with Gasteiger partial charge in [0, 0.05) is 26.6 Å². The summed E-state index contributed by atoms with van der Waals surface area (Å²) in [5, 5.41) is 15.0. The Kier molecular flexibility index (Phi) is 4.14. The lowest BCUT2D eigenvalue weighted by Gasteiger charge is -2.11. The average molecular weight is 284 g/mol. The van der Waals surface area contributed by atoms with E-state index in [9.17, 15) is 0 Å². The Balaban J connectivity index is 1.53. The van der Waals surface area contributed by atoms with Crippen LogP contribution in [-0.2, 0) is 26.1 Å². The van der Waals surface area contributed by atoms with Gasteiger partial charge in [0.25, 0.3) is 0 Å². The van der Waals surface area contributed by atoms with Crippen molar-refractivity contribution < 1.29 is 0 Å². The van der Waals surface area contributed by atoms with Crippen LogP contribution in [0, 0.1) is 0 Å². The number of hydrogen-bond acceptors (Lipinski definition) is 3. The second-order valence-electron chi connectivity index (χ2n) is 5.05. The summed E-state index contributed by atoms with van der Waals surface area (Å²) in [6.45, 7) is 2.41. The summed E-state index contributed by atoms with van der Waals surface area (Å²) in [7, 11) is 1.77. The average Bonchev–Trinajstić information content (AvgIpc) is 3.12. The van der Waals surface area contributed by atoms with Crippen LogP contribution in [0.25, 0.3) is 0 Å². The molecule has 0 bridgehead atoms. The Hall–Kier alpha value is -2.37. The smallest absolute Gasteiger partial charge is 0.191 e. The molecule has 6 heteroatoms. The molecule has 0 spiro atoms. The quantitative estimate of drug-likeness (QED) is 0.651. The third-order valence-corrected chi connectivity index (χ3v) is 3.63. The van der Waals surface area contributed by atoms with E-state index in [4.69, 9.17) is 0 Å². The molecule has 0 unspecified atom stereocenters. The van der Waals surface area contributed by atoms with Gasteiger partial charge in [0.2, 0.25) is 0 Å². The van der Waals surface area contributed by atoms with E-state index >= 15 is 0 Å². The maximum absolute atomic E-state index is 4.23. The van der Waals surface area contributed by atoms with Crippen molar-refractivity contribution >= 4 is 5.96 Å². The molecule has 2 heterocycles. The zero-order chi connectivity index (χ0) is 14.5. The predicted molar refractivity (Wildman–Crippen MR) is 81.8 cm³/mol. The number of benzene rings is 1. The van der Waals surface area contributed by atoms with Gasteiger partial charge in [-0.25, -0.2) is 0 Å². The van der Waals surface area contributed by atoms with Gasteiger partial charge in [0.1, 0.15) is 5.82 Å². The summed E-state index contributed by atoms with van der Waals surface area (Å²) in [5.74, 6) is 2.85. The van der Waals surface area contributed by atoms with Gasteiger partial charge in [-0.3, -0.25) is 4.99 Å². The van der Waals surface area contributed by atoms with E-state index in [2.05, 4.69) is 42.5 Å². The van der Waals surface area contributed by atoms with E-state index in [-0.39, 0.29) is 0 Å². The molecule has 2 N–H and O–H groups in total. The van der Waals surface area contributed by atoms with Crippen LogP contribution in [-0.4, -0.2) is 27.8 Å². The number of fused-ring (bicyclic) bond motifs is 1. The Morgan fingerprint density at radius 1 is 1.19 bits per heavy atom. The molecule has 6 nitrogen and oxygen atoms in total. The summed E-state index contributed by atoms with van der Waals surface area (Å²) in [5.41, 5.74) is 1.23. The van der Waals surface area contributed by atoms with Crippen LogP contribution in [0.4, 0.5) is 0 Å². The number of aryl methyl sites for hydroxylation is 1. The van der Waals surface area contributed by atoms with Crippen molar-refractivity contribution in [1.29, 1.82) is 0 Å². The van der Waals surface area contributed by atoms with Crippen LogP contribution in [0.1, 0.15) is 23.6 Å². The number of nitrogens with zero attached hydrogens (tertiary/aromatic N) is 4. The highest BCUT2D eigenvalue weighted by atomic mass is 15.3. The number of nitrogens with one attached hydrogen (secondary N) is 2. The molecule has 21 heavy (non-hydrogen) atoms. The first-order valence-electron chi connectivity index (χ1n) is 7.26. The van der Waals surface area contributed by atoms with Crippen LogP contribution < -0.4 is 10.6 Å². The molecule has 0 fully saturated rings. The van der Waals surface area contributed by atoms with Gasteiger partial charge in [-0.2, -0.15) is 0 Å². The van der Waals surface area contributed by atoms with E-state index in [1.165, 1.54) is 12.0 Å². The largest absolute Gasteiger partial charge is 0.352 e. The molecular formula is C15H20N6. The lowest BCUT2D eigenvalue weighted by molar-refractivity contribution is 0.663. The van der Waals surface area contributed by atoms with E-state index in [0.717, 1.165) is 37.1 Å². The summed E-state index contributed by atoms with van der Waals surface area (Å²) < 4.78 is 2.19. The van der Waals surface area contributed by atoms with Crippen LogP contribution in [0.3, 0.4) is 0 Å². The van der Waals surface area contributed by atoms with E-state index < -0.39 is 0 Å². The van der Waals surface area contributed by atoms with Gasteiger partial charge >= 0.3 is 0 Å². The van der Waals surface area contributed by atoms with Crippen molar-refractivity contribution in [3.8, 4) is 0 Å². The fraction of sp³-hybridized carbons (Fsp3) is 0.400. The normalized spacial score (nSPS) is 14.0. The molecule has 0 aliphatic carbocycles. The van der Waals surface area contributed by atoms with Gasteiger partial charge in [-0.1, -0.05) is 30.3 Å². The van der Waals surface area contributed by atoms with Crippen molar-refractivity contribution in [2.75, 3.05) is 7.05 Å². The number of aliphatic imine (C=N–C) groups is 1. The molecule has 1 aliphatic heterocycles. The van der Waals surface area contributed by atoms with Crippen LogP contribution in [0.5, 0.6) is 0 Å². The fourth-order valence-electron chi connectivity index (χ4n) is 2.51.